The van der Waals surface area contributed by atoms with Crippen molar-refractivity contribution in [2.45, 2.75) is 26.2 Å². The van der Waals surface area contributed by atoms with Crippen LogP contribution in [0.5, 0.6) is 0 Å². The number of piperidine rings is 1. The van der Waals surface area contributed by atoms with E-state index in [-0.39, 0.29) is 0 Å². The van der Waals surface area contributed by atoms with Crippen molar-refractivity contribution in [1.29, 1.82) is 0 Å². The van der Waals surface area contributed by atoms with Gasteiger partial charge in [-0.1, -0.05) is 19.1 Å². The molecule has 1 rings (SSSR count). The topological polar surface area (TPSA) is 15.3 Å². The summed E-state index contributed by atoms with van der Waals surface area (Å²) in [6.45, 7) is 10.9. The van der Waals surface area contributed by atoms with E-state index >= 15 is 0 Å². The monoisotopic (exact) mass is 196 g/mol. The fourth-order valence-electron chi connectivity index (χ4n) is 2.06. The summed E-state index contributed by atoms with van der Waals surface area (Å²) in [6.07, 6.45) is 3.78. The van der Waals surface area contributed by atoms with E-state index in [9.17, 15) is 0 Å². The van der Waals surface area contributed by atoms with Crippen molar-refractivity contribution >= 4 is 0 Å². The molecule has 0 unspecified atom stereocenters. The zero-order valence-electron chi connectivity index (χ0n) is 9.68. The SMILES string of the molecule is C=C(CC)CN(C)CC1CCNCC1. The van der Waals surface area contributed by atoms with Crippen LogP contribution in [0.3, 0.4) is 0 Å². The van der Waals surface area contributed by atoms with E-state index in [0.29, 0.717) is 0 Å². The molecule has 1 fully saturated rings. The maximum atomic E-state index is 4.05. The first-order valence-electron chi connectivity index (χ1n) is 5.78. The molecule has 0 atom stereocenters. The Bertz CT molecular complexity index is 171. The highest BCUT2D eigenvalue weighted by Gasteiger charge is 2.14. The van der Waals surface area contributed by atoms with Crippen LogP contribution in [0.4, 0.5) is 0 Å². The fraction of sp³-hybridized carbons (Fsp3) is 0.833. The van der Waals surface area contributed by atoms with Gasteiger partial charge in [0, 0.05) is 13.1 Å². The standard InChI is InChI=1S/C12H24N2/c1-4-11(2)9-14(3)10-12-5-7-13-8-6-12/h12-13H,2,4-10H2,1,3H3. The molecular weight excluding hydrogens is 172 g/mol. The molecule has 0 aromatic carbocycles. The smallest absolute Gasteiger partial charge is 0.0187 e. The van der Waals surface area contributed by atoms with E-state index in [2.05, 4.69) is 30.8 Å². The first-order valence-corrected chi connectivity index (χ1v) is 5.78. The molecule has 0 amide bonds. The van der Waals surface area contributed by atoms with Crippen LogP contribution in [-0.2, 0) is 0 Å². The third-order valence-corrected chi connectivity index (χ3v) is 3.02. The molecule has 0 bridgehead atoms. The molecule has 14 heavy (non-hydrogen) atoms. The average Bonchev–Trinajstić information content (AvgIpc) is 2.19. The van der Waals surface area contributed by atoms with Crippen molar-refractivity contribution in [3.8, 4) is 0 Å². The third kappa shape index (κ3) is 4.25. The van der Waals surface area contributed by atoms with Crippen LogP contribution >= 0.6 is 0 Å². The van der Waals surface area contributed by atoms with Crippen LogP contribution in [0, 0.1) is 5.92 Å². The van der Waals surface area contributed by atoms with Crippen molar-refractivity contribution < 1.29 is 0 Å². The molecule has 0 aromatic rings. The normalized spacial score (nSPS) is 18.8. The maximum absolute atomic E-state index is 4.05. The molecule has 2 nitrogen and oxygen atoms in total. The summed E-state index contributed by atoms with van der Waals surface area (Å²) in [5.74, 6) is 0.894. The fourth-order valence-corrected chi connectivity index (χ4v) is 2.06. The summed E-state index contributed by atoms with van der Waals surface area (Å²) in [5.41, 5.74) is 1.35. The summed E-state index contributed by atoms with van der Waals surface area (Å²) >= 11 is 0. The van der Waals surface area contributed by atoms with Crippen molar-refractivity contribution in [2.75, 3.05) is 33.2 Å². The van der Waals surface area contributed by atoms with Gasteiger partial charge in [-0.3, -0.25) is 0 Å². The summed E-state index contributed by atoms with van der Waals surface area (Å²) < 4.78 is 0. The molecule has 82 valence electrons. The molecule has 0 radical (unpaired) electrons. The minimum Gasteiger partial charge on any atom is -0.317 e. The molecule has 0 saturated carbocycles. The van der Waals surface area contributed by atoms with Gasteiger partial charge in [0.25, 0.3) is 0 Å². The minimum atomic E-state index is 0.894. The second-order valence-corrected chi connectivity index (χ2v) is 4.49. The molecule has 0 aromatic heterocycles. The molecule has 1 aliphatic rings. The van der Waals surface area contributed by atoms with Gasteiger partial charge in [0.15, 0.2) is 0 Å². The first-order chi connectivity index (χ1) is 6.72. The van der Waals surface area contributed by atoms with Gasteiger partial charge in [-0.15, -0.1) is 0 Å². The van der Waals surface area contributed by atoms with E-state index in [1.54, 1.807) is 0 Å². The van der Waals surface area contributed by atoms with Crippen molar-refractivity contribution in [3.05, 3.63) is 12.2 Å². The summed E-state index contributed by atoms with van der Waals surface area (Å²) in [6, 6.07) is 0. The van der Waals surface area contributed by atoms with Crippen LogP contribution in [0.1, 0.15) is 26.2 Å². The largest absolute Gasteiger partial charge is 0.317 e. The van der Waals surface area contributed by atoms with Crippen molar-refractivity contribution in [2.24, 2.45) is 5.92 Å². The molecule has 1 aliphatic heterocycles. The lowest BCUT2D eigenvalue weighted by Crippen LogP contribution is -2.35. The molecule has 0 aliphatic carbocycles. The number of rotatable bonds is 5. The van der Waals surface area contributed by atoms with Gasteiger partial charge in [-0.2, -0.15) is 0 Å². The van der Waals surface area contributed by atoms with Crippen LogP contribution in [-0.4, -0.2) is 38.1 Å². The molecule has 0 spiro atoms. The molecule has 1 saturated heterocycles. The Hall–Kier alpha value is -0.340. The Kier molecular flexibility index (Phi) is 5.20. The van der Waals surface area contributed by atoms with Crippen molar-refractivity contribution in [1.82, 2.24) is 10.2 Å². The highest BCUT2D eigenvalue weighted by atomic mass is 15.1. The lowest BCUT2D eigenvalue weighted by molar-refractivity contribution is 0.252. The Morgan fingerprint density at radius 2 is 2.07 bits per heavy atom. The minimum absolute atomic E-state index is 0.894. The quantitative estimate of drug-likeness (QED) is 0.675. The molecular formula is C12H24N2. The molecule has 1 heterocycles. The van der Waals surface area contributed by atoms with E-state index in [0.717, 1.165) is 18.9 Å². The lowest BCUT2D eigenvalue weighted by atomic mass is 9.97. The Morgan fingerprint density at radius 1 is 1.43 bits per heavy atom. The van der Waals surface area contributed by atoms with Crippen LogP contribution in [0.25, 0.3) is 0 Å². The number of nitrogens with one attached hydrogen (secondary N) is 1. The van der Waals surface area contributed by atoms with Gasteiger partial charge < -0.3 is 10.2 Å². The second kappa shape index (κ2) is 6.20. The molecule has 1 N–H and O–H groups in total. The van der Waals surface area contributed by atoms with E-state index in [1.807, 2.05) is 0 Å². The Balaban J connectivity index is 2.18. The number of nitrogens with zero attached hydrogens (tertiary/aromatic N) is 1. The average molecular weight is 196 g/mol. The highest BCUT2D eigenvalue weighted by Crippen LogP contribution is 2.13. The van der Waals surface area contributed by atoms with Gasteiger partial charge in [-0.25, -0.2) is 0 Å². The zero-order valence-corrected chi connectivity index (χ0v) is 9.68. The third-order valence-electron chi connectivity index (χ3n) is 3.02. The van der Waals surface area contributed by atoms with Crippen LogP contribution in [0.2, 0.25) is 0 Å². The van der Waals surface area contributed by atoms with Gasteiger partial charge in [-0.05, 0) is 45.3 Å². The first kappa shape index (κ1) is 11.7. The van der Waals surface area contributed by atoms with E-state index < -0.39 is 0 Å². The van der Waals surface area contributed by atoms with Gasteiger partial charge >= 0.3 is 0 Å². The van der Waals surface area contributed by atoms with Crippen LogP contribution < -0.4 is 5.32 Å². The predicted molar refractivity (Wildman–Crippen MR) is 62.5 cm³/mol. The van der Waals surface area contributed by atoms with Gasteiger partial charge in [0.05, 0.1) is 0 Å². The van der Waals surface area contributed by atoms with E-state index in [1.165, 1.54) is 38.0 Å². The van der Waals surface area contributed by atoms with Gasteiger partial charge in [0.1, 0.15) is 0 Å². The summed E-state index contributed by atoms with van der Waals surface area (Å²) in [4.78, 5) is 2.42. The Morgan fingerprint density at radius 3 is 2.64 bits per heavy atom. The number of hydrogen-bond donors (Lipinski definition) is 1. The summed E-state index contributed by atoms with van der Waals surface area (Å²) in [5, 5.41) is 3.40. The van der Waals surface area contributed by atoms with Crippen molar-refractivity contribution in [3.63, 3.8) is 0 Å². The Labute approximate surface area is 88.4 Å². The zero-order chi connectivity index (χ0) is 10.4. The van der Waals surface area contributed by atoms with E-state index in [4.69, 9.17) is 0 Å². The maximum Gasteiger partial charge on any atom is 0.0187 e. The predicted octanol–water partition coefficient (Wildman–Crippen LogP) is 1.88. The number of likely N-dealkylation sites (N-methyl/N-ethyl adjacent to an activating group) is 1. The van der Waals surface area contributed by atoms with Crippen LogP contribution in [0.15, 0.2) is 12.2 Å². The number of hydrogen-bond acceptors (Lipinski definition) is 2. The van der Waals surface area contributed by atoms with Gasteiger partial charge in [0.2, 0.25) is 0 Å². The molecule has 2 heteroatoms. The second-order valence-electron chi connectivity index (χ2n) is 4.49. The summed E-state index contributed by atoms with van der Waals surface area (Å²) in [7, 11) is 2.21. The lowest BCUT2D eigenvalue weighted by Gasteiger charge is -2.27. The highest BCUT2D eigenvalue weighted by molar-refractivity contribution is 4.95.